The van der Waals surface area contributed by atoms with Crippen molar-refractivity contribution in [3.63, 3.8) is 0 Å². The molecule has 104 valence electrons. The maximum absolute atomic E-state index is 10.4. The van der Waals surface area contributed by atoms with E-state index in [1.807, 2.05) is 28.2 Å². The van der Waals surface area contributed by atoms with Gasteiger partial charge >= 0.3 is 0 Å². The first kappa shape index (κ1) is 22.1. The van der Waals surface area contributed by atoms with E-state index < -0.39 is 0 Å². The van der Waals surface area contributed by atoms with Crippen molar-refractivity contribution in [3.05, 3.63) is 0 Å². The fourth-order valence-electron chi connectivity index (χ4n) is 1.51. The Balaban J connectivity index is -0.000000980. The highest BCUT2D eigenvalue weighted by atomic mass is 35.5. The van der Waals surface area contributed by atoms with Crippen LogP contribution in [0.3, 0.4) is 0 Å². The van der Waals surface area contributed by atoms with Gasteiger partial charge in [0.05, 0.1) is 41.3 Å². The van der Waals surface area contributed by atoms with E-state index in [-0.39, 0.29) is 24.8 Å². The Morgan fingerprint density at radius 2 is 1.06 bits per heavy atom. The number of carbonyl (C=O) groups is 2. The number of rotatable bonds is 8. The van der Waals surface area contributed by atoms with E-state index >= 15 is 0 Å². The van der Waals surface area contributed by atoms with Gasteiger partial charge in [0, 0.05) is 6.42 Å². The summed E-state index contributed by atoms with van der Waals surface area (Å²) in [4.78, 5) is 20.8. The molecule has 17 heavy (non-hydrogen) atoms. The van der Waals surface area contributed by atoms with Crippen LogP contribution in [0.5, 0.6) is 0 Å². The van der Waals surface area contributed by atoms with Gasteiger partial charge in [-0.3, -0.25) is 9.59 Å². The van der Waals surface area contributed by atoms with Gasteiger partial charge in [0.1, 0.15) is 13.1 Å². The topological polar surface area (TPSA) is 34.1 Å². The lowest BCUT2D eigenvalue weighted by atomic mass is 10.3. The van der Waals surface area contributed by atoms with Crippen LogP contribution in [0, 0.1) is 0 Å². The number of likely N-dealkylation sites (N-methyl/N-ethyl adjacent to an activating group) is 2. The Hall–Kier alpha value is -0.160. The Morgan fingerprint density at radius 1 is 0.765 bits per heavy atom. The molecular weight excluding hydrogens is 263 g/mol. The lowest BCUT2D eigenvalue weighted by Crippen LogP contribution is -3.00. The fourth-order valence-corrected chi connectivity index (χ4v) is 1.51. The second-order valence-corrected chi connectivity index (χ2v) is 5.37. The number of carbonyl (C=O) groups excluding carboxylic acids is 2. The fraction of sp³-hybridized carbons (Fsp3) is 0.818. The molecule has 0 aromatic rings. The van der Waals surface area contributed by atoms with Crippen molar-refractivity contribution in [1.29, 1.82) is 0 Å². The number of hydrogen-bond donors (Lipinski definition) is 0. The number of quaternary nitrogens is 2. The maximum atomic E-state index is 10.4. The van der Waals surface area contributed by atoms with E-state index in [2.05, 4.69) is 0 Å². The van der Waals surface area contributed by atoms with E-state index in [4.69, 9.17) is 0 Å². The van der Waals surface area contributed by atoms with Gasteiger partial charge in [-0.15, -0.1) is 0 Å². The van der Waals surface area contributed by atoms with Crippen LogP contribution in [-0.4, -0.2) is 75.9 Å². The molecule has 0 spiro atoms. The van der Waals surface area contributed by atoms with Crippen LogP contribution < -0.4 is 24.8 Å². The average Bonchev–Trinajstić information content (AvgIpc) is 2.02. The lowest BCUT2D eigenvalue weighted by Gasteiger charge is -2.31. The van der Waals surface area contributed by atoms with E-state index in [9.17, 15) is 9.59 Å². The molecule has 0 atom stereocenters. The third kappa shape index (κ3) is 12.1. The smallest absolute Gasteiger partial charge is 0.174 e. The van der Waals surface area contributed by atoms with Crippen molar-refractivity contribution in [2.24, 2.45) is 0 Å². The molecule has 0 saturated heterocycles. The highest BCUT2D eigenvalue weighted by Gasteiger charge is 2.18. The van der Waals surface area contributed by atoms with Gasteiger partial charge in [-0.25, -0.2) is 0 Å². The number of aldehydes is 2. The summed E-state index contributed by atoms with van der Waals surface area (Å²) < 4.78 is 1.45. The molecule has 0 unspecified atom stereocenters. The van der Waals surface area contributed by atoms with Crippen LogP contribution in [0.15, 0.2) is 0 Å². The molecule has 0 N–H and O–H groups in total. The standard InChI is InChI=1S/C11H24N2O2.2ClH/c1-12(2,8-10-14)6-5-7-13(3,4)9-11-15;;/h10-11H,5-9H2,1-4H3;2*1H/q+2;;/p-2. The summed E-state index contributed by atoms with van der Waals surface area (Å²) >= 11 is 0. The molecular formula is C11H24Cl2N2O2. The first-order valence-electron chi connectivity index (χ1n) is 5.34. The van der Waals surface area contributed by atoms with Crippen molar-refractivity contribution in [2.75, 3.05) is 54.4 Å². The first-order valence-corrected chi connectivity index (χ1v) is 5.34. The summed E-state index contributed by atoms with van der Waals surface area (Å²) in [5.41, 5.74) is 0. The lowest BCUT2D eigenvalue weighted by molar-refractivity contribution is -0.901. The predicted octanol–water partition coefficient (Wildman–Crippen LogP) is -6.06. The van der Waals surface area contributed by atoms with Crippen LogP contribution in [0.1, 0.15) is 6.42 Å². The van der Waals surface area contributed by atoms with E-state index in [1.165, 1.54) is 0 Å². The predicted molar refractivity (Wildman–Crippen MR) is 60.4 cm³/mol. The molecule has 0 fully saturated rings. The zero-order valence-corrected chi connectivity index (χ0v) is 12.7. The molecule has 0 bridgehead atoms. The van der Waals surface area contributed by atoms with Gasteiger partial charge in [-0.1, -0.05) is 0 Å². The Labute approximate surface area is 117 Å². The molecule has 0 heterocycles. The maximum Gasteiger partial charge on any atom is 0.174 e. The molecule has 4 nitrogen and oxygen atoms in total. The Kier molecular flexibility index (Phi) is 12.8. The normalized spacial score (nSPS) is 11.1. The zero-order valence-electron chi connectivity index (χ0n) is 11.2. The highest BCUT2D eigenvalue weighted by molar-refractivity contribution is 5.50. The van der Waals surface area contributed by atoms with Crippen molar-refractivity contribution >= 4 is 12.6 Å². The number of halogens is 2. The van der Waals surface area contributed by atoms with Gasteiger partial charge in [0.2, 0.25) is 0 Å². The van der Waals surface area contributed by atoms with Crippen LogP contribution in [0.2, 0.25) is 0 Å². The summed E-state index contributed by atoms with van der Waals surface area (Å²) in [7, 11) is 8.20. The second kappa shape index (κ2) is 9.83. The summed E-state index contributed by atoms with van der Waals surface area (Å²) in [6.45, 7) is 3.06. The second-order valence-electron chi connectivity index (χ2n) is 5.37. The number of nitrogens with zero attached hydrogens (tertiary/aromatic N) is 2. The molecule has 0 amide bonds. The van der Waals surface area contributed by atoms with E-state index in [0.29, 0.717) is 13.1 Å². The average molecular weight is 287 g/mol. The third-order valence-corrected chi connectivity index (χ3v) is 2.66. The third-order valence-electron chi connectivity index (χ3n) is 2.66. The quantitative estimate of drug-likeness (QED) is 0.329. The van der Waals surface area contributed by atoms with Crippen LogP contribution >= 0.6 is 0 Å². The molecule has 0 aromatic heterocycles. The Morgan fingerprint density at radius 3 is 1.29 bits per heavy atom. The van der Waals surface area contributed by atoms with Crippen LogP contribution in [-0.2, 0) is 9.59 Å². The summed E-state index contributed by atoms with van der Waals surface area (Å²) in [5, 5.41) is 0. The van der Waals surface area contributed by atoms with Crippen LogP contribution in [0.4, 0.5) is 0 Å². The largest absolute Gasteiger partial charge is 1.00 e. The van der Waals surface area contributed by atoms with Crippen molar-refractivity contribution < 1.29 is 43.4 Å². The minimum absolute atomic E-state index is 0. The van der Waals surface area contributed by atoms with Crippen LogP contribution in [0.25, 0.3) is 0 Å². The van der Waals surface area contributed by atoms with Gasteiger partial charge in [-0.05, 0) is 0 Å². The molecule has 6 heteroatoms. The molecule has 0 radical (unpaired) electrons. The molecule has 0 aliphatic rings. The van der Waals surface area contributed by atoms with Gasteiger partial charge in [0.25, 0.3) is 0 Å². The summed E-state index contributed by atoms with van der Waals surface area (Å²) in [6, 6.07) is 0. The van der Waals surface area contributed by atoms with Crippen molar-refractivity contribution in [2.45, 2.75) is 6.42 Å². The molecule has 0 aliphatic carbocycles. The summed E-state index contributed by atoms with van der Waals surface area (Å²) in [5.74, 6) is 0. The first-order chi connectivity index (χ1) is 6.83. The van der Waals surface area contributed by atoms with E-state index in [0.717, 1.165) is 41.0 Å². The molecule has 0 aromatic carbocycles. The molecule has 0 saturated carbocycles. The highest BCUT2D eigenvalue weighted by Crippen LogP contribution is 2.02. The minimum Gasteiger partial charge on any atom is -1.00 e. The monoisotopic (exact) mass is 286 g/mol. The van der Waals surface area contributed by atoms with Crippen molar-refractivity contribution in [1.82, 2.24) is 0 Å². The molecule has 0 aliphatic heterocycles. The summed E-state index contributed by atoms with van der Waals surface area (Å²) in [6.07, 6.45) is 2.96. The molecule has 0 rings (SSSR count). The van der Waals surface area contributed by atoms with E-state index in [1.54, 1.807) is 0 Å². The minimum atomic E-state index is 0. The number of hydrogen-bond acceptors (Lipinski definition) is 2. The van der Waals surface area contributed by atoms with Gasteiger partial charge in [-0.2, -0.15) is 0 Å². The van der Waals surface area contributed by atoms with Gasteiger partial charge in [0.15, 0.2) is 12.6 Å². The Bertz CT molecular complexity index is 200. The van der Waals surface area contributed by atoms with Gasteiger partial charge < -0.3 is 33.8 Å². The SMILES string of the molecule is C[N+](C)(CC=O)CCC[N+](C)(C)CC=O.[Cl-].[Cl-]. The van der Waals surface area contributed by atoms with Crippen molar-refractivity contribution in [3.8, 4) is 0 Å². The zero-order chi connectivity index (χ0) is 11.9.